The molecule has 2 heterocycles. The fourth-order valence-electron chi connectivity index (χ4n) is 3.70. The minimum absolute atomic E-state index is 0.140. The predicted octanol–water partition coefficient (Wildman–Crippen LogP) is 3.86. The third kappa shape index (κ3) is 3.56. The number of rotatable bonds is 5. The number of aromatic nitrogens is 1. The Kier molecular flexibility index (Phi) is 5.59. The molecule has 1 unspecified atom stereocenters. The van der Waals surface area contributed by atoms with Gasteiger partial charge in [-0.25, -0.2) is 4.39 Å². The fraction of sp³-hybridized carbons (Fsp3) is 0.125. The number of carbonyl (C=O) groups is 2. The molecule has 0 saturated carbocycles. The van der Waals surface area contributed by atoms with E-state index in [4.69, 9.17) is 9.47 Å². The molecule has 1 saturated heterocycles. The van der Waals surface area contributed by atoms with Gasteiger partial charge in [0.25, 0.3) is 11.7 Å². The zero-order valence-corrected chi connectivity index (χ0v) is 17.3. The van der Waals surface area contributed by atoms with E-state index in [9.17, 15) is 19.1 Å². The number of methoxy groups -OCH3 is 2. The van der Waals surface area contributed by atoms with E-state index in [0.29, 0.717) is 22.7 Å². The molecule has 1 aliphatic rings. The molecule has 4 rings (SSSR count). The highest BCUT2D eigenvalue weighted by molar-refractivity contribution is 6.51. The Bertz CT molecular complexity index is 1210. The third-order valence-corrected chi connectivity index (χ3v) is 5.21. The highest BCUT2D eigenvalue weighted by Gasteiger charge is 2.47. The number of ketones is 1. The lowest BCUT2D eigenvalue weighted by atomic mass is 9.95. The number of pyridine rings is 1. The molecule has 1 amide bonds. The topological polar surface area (TPSA) is 89.0 Å². The van der Waals surface area contributed by atoms with Gasteiger partial charge in [-0.3, -0.25) is 19.5 Å². The van der Waals surface area contributed by atoms with Crippen LogP contribution in [0.5, 0.6) is 11.5 Å². The molecule has 2 aromatic carbocycles. The van der Waals surface area contributed by atoms with Gasteiger partial charge in [0.1, 0.15) is 23.1 Å². The summed E-state index contributed by atoms with van der Waals surface area (Å²) >= 11 is 0. The maximum absolute atomic E-state index is 13.5. The number of amides is 1. The first-order valence-electron chi connectivity index (χ1n) is 9.65. The monoisotopic (exact) mass is 434 g/mol. The first kappa shape index (κ1) is 21.0. The average Bonchev–Trinajstić information content (AvgIpc) is 3.09. The van der Waals surface area contributed by atoms with Crippen LogP contribution < -0.4 is 14.4 Å². The quantitative estimate of drug-likeness (QED) is 0.373. The molecule has 1 fully saturated rings. The maximum atomic E-state index is 13.5. The van der Waals surface area contributed by atoms with Crippen molar-refractivity contribution in [3.63, 3.8) is 0 Å². The number of aliphatic hydroxyl groups excluding tert-OH is 1. The van der Waals surface area contributed by atoms with E-state index >= 15 is 0 Å². The van der Waals surface area contributed by atoms with E-state index in [-0.39, 0.29) is 11.1 Å². The van der Waals surface area contributed by atoms with Crippen LogP contribution in [-0.2, 0) is 9.59 Å². The molecular weight excluding hydrogens is 415 g/mol. The molecule has 3 aromatic rings. The van der Waals surface area contributed by atoms with E-state index < -0.39 is 29.3 Å². The highest BCUT2D eigenvalue weighted by atomic mass is 19.1. The lowest BCUT2D eigenvalue weighted by Gasteiger charge is -2.25. The normalized spacial score (nSPS) is 17.5. The number of Topliss-reactive ketones (excluding diaryl/α,β-unsaturated/α-hetero) is 1. The molecule has 7 nitrogen and oxygen atoms in total. The summed E-state index contributed by atoms with van der Waals surface area (Å²) in [5.41, 5.74) is 0.857. The van der Waals surface area contributed by atoms with Crippen molar-refractivity contribution in [2.45, 2.75) is 6.04 Å². The zero-order chi connectivity index (χ0) is 22.8. The minimum Gasteiger partial charge on any atom is -0.507 e. The molecule has 1 N–H and O–H groups in total. The summed E-state index contributed by atoms with van der Waals surface area (Å²) in [6.07, 6.45) is 3.06. The molecule has 0 spiro atoms. The Morgan fingerprint density at radius 3 is 2.44 bits per heavy atom. The zero-order valence-electron chi connectivity index (χ0n) is 17.3. The number of halogens is 1. The third-order valence-electron chi connectivity index (χ3n) is 5.21. The van der Waals surface area contributed by atoms with Gasteiger partial charge in [-0.2, -0.15) is 0 Å². The Morgan fingerprint density at radius 2 is 1.81 bits per heavy atom. The minimum atomic E-state index is -0.981. The van der Waals surface area contributed by atoms with Crippen molar-refractivity contribution < 1.29 is 28.6 Å². The standard InChI is InChI=1S/C24H19FN2O5/c1-31-17-9-10-19(32-2)18(12-17)22(28)20-21(14-4-3-11-26-13-14)27(24(30)23(20)29)16-7-5-15(25)6-8-16/h3-13,21,28H,1-2H3/b22-20+. The largest absolute Gasteiger partial charge is 0.507 e. The lowest BCUT2D eigenvalue weighted by molar-refractivity contribution is -0.132. The number of hydrogen-bond donors (Lipinski definition) is 1. The van der Waals surface area contributed by atoms with Crippen LogP contribution in [0.2, 0.25) is 0 Å². The summed E-state index contributed by atoms with van der Waals surface area (Å²) in [5, 5.41) is 11.2. The Labute approximate surface area is 183 Å². The van der Waals surface area contributed by atoms with E-state index in [0.717, 1.165) is 0 Å². The van der Waals surface area contributed by atoms with Crippen LogP contribution in [0.4, 0.5) is 10.1 Å². The van der Waals surface area contributed by atoms with E-state index in [1.54, 1.807) is 30.5 Å². The van der Waals surface area contributed by atoms with Gasteiger partial charge in [-0.15, -0.1) is 0 Å². The number of anilines is 1. The van der Waals surface area contributed by atoms with Crippen LogP contribution in [0.15, 0.2) is 72.6 Å². The second-order valence-corrected chi connectivity index (χ2v) is 7.00. The average molecular weight is 434 g/mol. The predicted molar refractivity (Wildman–Crippen MR) is 115 cm³/mol. The summed E-state index contributed by atoms with van der Waals surface area (Å²) < 4.78 is 24.1. The van der Waals surface area contributed by atoms with Crippen molar-refractivity contribution in [1.82, 2.24) is 4.98 Å². The fourth-order valence-corrected chi connectivity index (χ4v) is 3.70. The van der Waals surface area contributed by atoms with Gasteiger partial charge in [0.2, 0.25) is 0 Å². The van der Waals surface area contributed by atoms with Gasteiger partial charge >= 0.3 is 0 Å². The SMILES string of the molecule is COc1ccc(OC)c(/C(O)=C2\C(=O)C(=O)N(c3ccc(F)cc3)C2c2cccnc2)c1. The van der Waals surface area contributed by atoms with Gasteiger partial charge in [-0.1, -0.05) is 6.07 Å². The van der Waals surface area contributed by atoms with Gasteiger partial charge in [0.05, 0.1) is 31.4 Å². The van der Waals surface area contributed by atoms with Crippen molar-refractivity contribution in [2.24, 2.45) is 0 Å². The molecule has 0 bridgehead atoms. The first-order valence-corrected chi connectivity index (χ1v) is 9.65. The van der Waals surface area contributed by atoms with Crippen molar-refractivity contribution in [1.29, 1.82) is 0 Å². The number of ether oxygens (including phenoxy) is 2. The number of hydrogen-bond acceptors (Lipinski definition) is 6. The molecule has 32 heavy (non-hydrogen) atoms. The van der Waals surface area contributed by atoms with Crippen molar-refractivity contribution in [3.8, 4) is 11.5 Å². The molecule has 0 aliphatic carbocycles. The van der Waals surface area contributed by atoms with Crippen molar-refractivity contribution >= 4 is 23.1 Å². The van der Waals surface area contributed by atoms with Crippen LogP contribution in [0.1, 0.15) is 17.2 Å². The number of nitrogens with zero attached hydrogens (tertiary/aromatic N) is 2. The van der Waals surface area contributed by atoms with Gasteiger partial charge in [0.15, 0.2) is 0 Å². The summed E-state index contributed by atoms with van der Waals surface area (Å²) in [6, 6.07) is 12.3. The molecule has 1 atom stereocenters. The van der Waals surface area contributed by atoms with Crippen molar-refractivity contribution in [3.05, 3.63) is 89.5 Å². The maximum Gasteiger partial charge on any atom is 0.300 e. The van der Waals surface area contributed by atoms with Gasteiger partial charge in [0, 0.05) is 18.1 Å². The summed E-state index contributed by atoms with van der Waals surface area (Å²) in [7, 11) is 2.89. The van der Waals surface area contributed by atoms with E-state index in [2.05, 4.69) is 4.98 Å². The molecule has 8 heteroatoms. The number of aliphatic hydroxyl groups is 1. The Balaban J connectivity index is 1.97. The second kappa shape index (κ2) is 8.50. The first-order chi connectivity index (χ1) is 15.5. The van der Waals surface area contributed by atoms with E-state index in [1.807, 2.05) is 0 Å². The molecule has 162 valence electrons. The van der Waals surface area contributed by atoms with Crippen LogP contribution in [0.25, 0.3) is 5.76 Å². The Morgan fingerprint density at radius 1 is 1.06 bits per heavy atom. The van der Waals surface area contributed by atoms with Crippen molar-refractivity contribution in [2.75, 3.05) is 19.1 Å². The number of benzene rings is 2. The summed E-state index contributed by atoms with van der Waals surface area (Å²) in [6.45, 7) is 0. The van der Waals surface area contributed by atoms with Gasteiger partial charge in [-0.05, 0) is 54.1 Å². The van der Waals surface area contributed by atoms with Crippen LogP contribution in [0, 0.1) is 5.82 Å². The molecule has 1 aromatic heterocycles. The molecule has 0 radical (unpaired) electrons. The van der Waals surface area contributed by atoms with Crippen LogP contribution in [0.3, 0.4) is 0 Å². The van der Waals surface area contributed by atoms with Crippen LogP contribution in [-0.4, -0.2) is 36.0 Å². The number of carbonyl (C=O) groups excluding carboxylic acids is 2. The molecular formula is C24H19FN2O5. The second-order valence-electron chi connectivity index (χ2n) is 7.00. The van der Waals surface area contributed by atoms with E-state index in [1.165, 1.54) is 55.6 Å². The summed E-state index contributed by atoms with van der Waals surface area (Å²) in [4.78, 5) is 31.5. The summed E-state index contributed by atoms with van der Waals surface area (Å²) in [5.74, 6) is -1.92. The Hall–Kier alpha value is -4.20. The molecule has 1 aliphatic heterocycles. The van der Waals surface area contributed by atoms with Gasteiger partial charge < -0.3 is 14.6 Å². The smallest absolute Gasteiger partial charge is 0.300 e. The highest BCUT2D eigenvalue weighted by Crippen LogP contribution is 2.43. The van der Waals surface area contributed by atoms with Crippen LogP contribution >= 0.6 is 0 Å². The lowest BCUT2D eigenvalue weighted by Crippen LogP contribution is -2.29.